The molecule has 2 aromatic rings. The van der Waals surface area contributed by atoms with Gasteiger partial charge in [-0.3, -0.25) is 4.99 Å². The third kappa shape index (κ3) is 2.14. The molecule has 0 amide bonds. The Balaban J connectivity index is 1.47. The van der Waals surface area contributed by atoms with E-state index in [2.05, 4.69) is 33.0 Å². The van der Waals surface area contributed by atoms with E-state index in [-0.39, 0.29) is 26.8 Å². The highest BCUT2D eigenvalue weighted by molar-refractivity contribution is 9.11. The first-order chi connectivity index (χ1) is 16.3. The number of aryl methyl sites for hydroxylation is 1. The number of rotatable bonds is 2. The zero-order valence-electron chi connectivity index (χ0n) is 18.1. The average molecular weight is 553 g/mol. The number of aromatic hydroxyl groups is 1. The SMILES string of the molecule is Cc1ccc(S(=O)(=O)[N+]2=CC3=c4c5c6c(c(O)c42)=N[C@H]2C=C4C=C(Br)[C@@H](C[C@@]46S2)N5CC3)cc1. The molecule has 0 fully saturated rings. The van der Waals surface area contributed by atoms with Gasteiger partial charge in [0.1, 0.15) is 15.6 Å². The minimum absolute atomic E-state index is 0.0241. The Hall–Kier alpha value is -2.36. The monoisotopic (exact) mass is 552 g/mol. The fourth-order valence-electron chi connectivity index (χ4n) is 6.45. The highest BCUT2D eigenvalue weighted by Gasteiger charge is 2.58. The molecular weight excluding hydrogens is 534 g/mol. The molecule has 170 valence electrons. The number of hydrogen-bond donors (Lipinski definition) is 1. The van der Waals surface area contributed by atoms with Crippen molar-refractivity contribution >= 4 is 60.9 Å². The van der Waals surface area contributed by atoms with Gasteiger partial charge in [0.2, 0.25) is 5.75 Å². The summed E-state index contributed by atoms with van der Waals surface area (Å²) in [6, 6.07) is 7.05. The van der Waals surface area contributed by atoms with Gasteiger partial charge in [-0.15, -0.1) is 11.8 Å². The van der Waals surface area contributed by atoms with Crippen LogP contribution in [0, 0.1) is 6.92 Å². The number of fused-ring (bicyclic) bond motifs is 3. The Labute approximate surface area is 208 Å². The number of benzene rings is 2. The van der Waals surface area contributed by atoms with Crippen LogP contribution >= 0.6 is 27.7 Å². The molecule has 1 aliphatic carbocycles. The van der Waals surface area contributed by atoms with Gasteiger partial charge < -0.3 is 10.0 Å². The van der Waals surface area contributed by atoms with Crippen LogP contribution in [0.3, 0.4) is 0 Å². The molecule has 0 saturated carbocycles. The lowest BCUT2D eigenvalue weighted by molar-refractivity contribution is -0.253. The van der Waals surface area contributed by atoms with Crippen LogP contribution < -0.4 is 15.5 Å². The van der Waals surface area contributed by atoms with Crippen molar-refractivity contribution in [3.8, 4) is 5.75 Å². The number of allylic oxidation sites excluding steroid dienone is 1. The van der Waals surface area contributed by atoms with Crippen molar-refractivity contribution in [1.82, 2.24) is 0 Å². The van der Waals surface area contributed by atoms with Gasteiger partial charge in [-0.25, -0.2) is 0 Å². The second kappa shape index (κ2) is 6.06. The van der Waals surface area contributed by atoms with E-state index < -0.39 is 10.0 Å². The molecule has 5 aliphatic heterocycles. The highest BCUT2D eigenvalue weighted by Crippen LogP contribution is 2.63. The fourth-order valence-corrected chi connectivity index (χ4v) is 10.1. The maximum absolute atomic E-state index is 13.8. The van der Waals surface area contributed by atoms with Crippen LogP contribution in [0.25, 0.3) is 5.57 Å². The van der Waals surface area contributed by atoms with E-state index in [1.54, 1.807) is 30.5 Å². The molecule has 3 atom stereocenters. The molecule has 2 aromatic carbocycles. The number of thioether (sulfide) groups is 1. The molecule has 1 spiro atoms. The number of phenolic OH excluding ortho intramolecular Hbond substituents is 1. The fraction of sp³-hybridized carbons (Fsp3) is 0.280. The van der Waals surface area contributed by atoms with Gasteiger partial charge in [-0.1, -0.05) is 37.6 Å². The van der Waals surface area contributed by atoms with E-state index in [1.807, 2.05) is 18.7 Å². The molecule has 9 heteroatoms. The lowest BCUT2D eigenvalue weighted by atomic mass is 9.74. The number of anilines is 1. The zero-order valence-corrected chi connectivity index (χ0v) is 21.3. The summed E-state index contributed by atoms with van der Waals surface area (Å²) < 4.78 is 29.8. The number of nitrogens with zero attached hydrogens (tertiary/aromatic N) is 3. The standard InChI is InChI=1S/C25H18BrN3O3S2/c1-12-2-4-15(5-3-12)34(31,32)29-11-13-6-7-28-17-10-25-14(8-16(17)26)9-18(33-25)27-21-20(25)22(28)19(13)23(29)24(21)30/h2-5,8-9,11,17-18H,6-7,10H2,1H3/p+1/t17-,18-,25-/m1/s1. The third-order valence-electron chi connectivity index (χ3n) is 7.94. The molecule has 6 aliphatic rings. The van der Waals surface area contributed by atoms with Crippen molar-refractivity contribution in [2.75, 3.05) is 11.4 Å². The van der Waals surface area contributed by atoms with Crippen LogP contribution in [-0.4, -0.2) is 41.7 Å². The molecule has 6 nitrogen and oxygen atoms in total. The molecular formula is C25H19BrN3O3S2+. The van der Waals surface area contributed by atoms with Crippen LogP contribution in [0.5, 0.6) is 5.75 Å². The van der Waals surface area contributed by atoms with Crippen LogP contribution in [-0.2, 0) is 14.8 Å². The Bertz CT molecular complexity index is 1720. The summed E-state index contributed by atoms with van der Waals surface area (Å²) >= 11 is 5.69. The minimum Gasteiger partial charge on any atom is -0.501 e. The summed E-state index contributed by atoms with van der Waals surface area (Å²) in [5.74, 6) is -0.0241. The maximum Gasteiger partial charge on any atom is 0.400 e. The van der Waals surface area contributed by atoms with Crippen molar-refractivity contribution < 1.29 is 17.5 Å². The average Bonchev–Trinajstić information content (AvgIpc) is 3.33. The summed E-state index contributed by atoms with van der Waals surface area (Å²) in [6.07, 6.45) is 7.79. The van der Waals surface area contributed by atoms with Crippen molar-refractivity contribution in [2.24, 2.45) is 4.99 Å². The molecule has 0 saturated heterocycles. The van der Waals surface area contributed by atoms with E-state index in [4.69, 9.17) is 4.99 Å². The number of hydrogen-bond acceptors (Lipinski definition) is 6. The highest BCUT2D eigenvalue weighted by atomic mass is 79.9. The quantitative estimate of drug-likeness (QED) is 0.579. The summed E-state index contributed by atoms with van der Waals surface area (Å²) in [6.45, 7) is 2.73. The maximum atomic E-state index is 13.8. The van der Waals surface area contributed by atoms with Gasteiger partial charge >= 0.3 is 10.0 Å². The largest absolute Gasteiger partial charge is 0.501 e. The first kappa shape index (κ1) is 19.9. The van der Waals surface area contributed by atoms with E-state index in [9.17, 15) is 13.5 Å². The van der Waals surface area contributed by atoms with Gasteiger partial charge in [0, 0.05) is 22.2 Å². The van der Waals surface area contributed by atoms with Gasteiger partial charge in [0.05, 0.1) is 21.7 Å². The molecule has 8 rings (SSSR count). The van der Waals surface area contributed by atoms with Crippen molar-refractivity contribution in [1.29, 1.82) is 0 Å². The van der Waals surface area contributed by atoms with Crippen LogP contribution in [0.2, 0.25) is 0 Å². The van der Waals surface area contributed by atoms with Gasteiger partial charge in [0.15, 0.2) is 6.21 Å². The van der Waals surface area contributed by atoms with E-state index in [0.29, 0.717) is 11.0 Å². The summed E-state index contributed by atoms with van der Waals surface area (Å²) in [4.78, 5) is 7.52. The van der Waals surface area contributed by atoms with Crippen LogP contribution in [0.1, 0.15) is 24.0 Å². The van der Waals surface area contributed by atoms with Gasteiger partial charge in [-0.05, 0) is 49.6 Å². The second-order valence-corrected chi connectivity index (χ2v) is 13.8. The summed E-state index contributed by atoms with van der Waals surface area (Å²) in [7, 11) is -3.90. The van der Waals surface area contributed by atoms with Crippen LogP contribution in [0.4, 0.5) is 11.4 Å². The Morgan fingerprint density at radius 2 is 2.09 bits per heavy atom. The zero-order chi connectivity index (χ0) is 23.1. The summed E-state index contributed by atoms with van der Waals surface area (Å²) in [5.41, 5.74) is 5.64. The van der Waals surface area contributed by atoms with Gasteiger partial charge in [0.25, 0.3) is 5.69 Å². The van der Waals surface area contributed by atoms with E-state index >= 15 is 0 Å². The normalized spacial score (nSPS) is 28.9. The predicted molar refractivity (Wildman–Crippen MR) is 135 cm³/mol. The molecule has 0 aromatic heterocycles. The molecule has 34 heavy (non-hydrogen) atoms. The Kier molecular flexibility index (Phi) is 3.55. The van der Waals surface area contributed by atoms with Gasteiger partial charge in [-0.2, -0.15) is 8.42 Å². The smallest absolute Gasteiger partial charge is 0.400 e. The van der Waals surface area contributed by atoms with Crippen molar-refractivity contribution in [2.45, 2.75) is 40.8 Å². The second-order valence-electron chi connectivity index (χ2n) is 9.69. The predicted octanol–water partition coefficient (Wildman–Crippen LogP) is 3.07. The third-order valence-corrected chi connectivity index (χ3v) is 11.9. The summed E-state index contributed by atoms with van der Waals surface area (Å²) in [5, 5.41) is 13.0. The lowest BCUT2D eigenvalue weighted by Crippen LogP contribution is -2.55. The molecule has 5 heterocycles. The Morgan fingerprint density at radius 3 is 2.88 bits per heavy atom. The molecule has 1 N–H and O–H groups in total. The molecule has 0 radical (unpaired) electrons. The number of sulfonamides is 1. The van der Waals surface area contributed by atoms with E-state index in [0.717, 1.165) is 51.5 Å². The molecule has 0 unspecified atom stereocenters. The topological polar surface area (TPSA) is 73.0 Å². The first-order valence-electron chi connectivity index (χ1n) is 11.3. The van der Waals surface area contributed by atoms with Crippen molar-refractivity contribution in [3.63, 3.8) is 0 Å². The Morgan fingerprint density at radius 1 is 1.29 bits per heavy atom. The van der Waals surface area contributed by atoms with Crippen LogP contribution in [0.15, 0.2) is 56.4 Å². The first-order valence-corrected chi connectivity index (χ1v) is 14.4. The van der Waals surface area contributed by atoms with E-state index in [1.165, 1.54) is 9.55 Å². The molecule has 3 bridgehead atoms. The minimum atomic E-state index is -3.90. The number of halogens is 1. The lowest BCUT2D eigenvalue weighted by Gasteiger charge is -2.51. The number of phenols is 1. The van der Waals surface area contributed by atoms with Crippen molar-refractivity contribution in [3.05, 3.63) is 68.2 Å².